The Labute approximate surface area is 107 Å². The van der Waals surface area contributed by atoms with Gasteiger partial charge in [-0.15, -0.1) is 11.8 Å². The molecular formula is C13H20N2OS. The number of amides is 1. The molecule has 1 atom stereocenters. The number of nitrogens with one attached hydrogen (secondary N) is 1. The summed E-state index contributed by atoms with van der Waals surface area (Å²) < 4.78 is 0. The molecule has 1 unspecified atom stereocenters. The first-order valence-electron chi connectivity index (χ1n) is 5.81. The van der Waals surface area contributed by atoms with Gasteiger partial charge in [-0.1, -0.05) is 25.1 Å². The summed E-state index contributed by atoms with van der Waals surface area (Å²) in [5, 5.41) is 2.86. The Bertz CT molecular complexity index is 352. The number of benzene rings is 1. The van der Waals surface area contributed by atoms with E-state index in [1.807, 2.05) is 25.1 Å². The van der Waals surface area contributed by atoms with E-state index in [0.717, 1.165) is 5.75 Å². The number of rotatable bonds is 6. The van der Waals surface area contributed by atoms with E-state index in [4.69, 9.17) is 5.73 Å². The van der Waals surface area contributed by atoms with Crippen molar-refractivity contribution < 1.29 is 4.79 Å². The third-order valence-corrected chi connectivity index (χ3v) is 3.67. The maximum Gasteiger partial charge on any atom is 0.239 e. The van der Waals surface area contributed by atoms with Gasteiger partial charge in [0.25, 0.3) is 0 Å². The number of carbonyl (C=O) groups is 1. The van der Waals surface area contributed by atoms with Crippen LogP contribution in [0.25, 0.3) is 0 Å². The number of hydrogen-bond donors (Lipinski definition) is 2. The van der Waals surface area contributed by atoms with Crippen LogP contribution in [0, 0.1) is 0 Å². The van der Waals surface area contributed by atoms with Crippen molar-refractivity contribution in [2.45, 2.75) is 30.7 Å². The molecule has 0 radical (unpaired) electrons. The van der Waals surface area contributed by atoms with Gasteiger partial charge >= 0.3 is 0 Å². The van der Waals surface area contributed by atoms with E-state index in [2.05, 4.69) is 17.4 Å². The molecule has 4 heteroatoms. The van der Waals surface area contributed by atoms with Crippen LogP contribution in [0.2, 0.25) is 0 Å². The normalized spacial score (nSPS) is 14.1. The van der Waals surface area contributed by atoms with Gasteiger partial charge in [-0.25, -0.2) is 0 Å². The highest BCUT2D eigenvalue weighted by molar-refractivity contribution is 7.99. The fraction of sp³-hybridized carbons (Fsp3) is 0.462. The fourth-order valence-electron chi connectivity index (χ4n) is 1.21. The molecule has 0 aliphatic heterocycles. The number of carbonyl (C=O) groups excluding carboxylic acids is 1. The Morgan fingerprint density at radius 1 is 1.41 bits per heavy atom. The van der Waals surface area contributed by atoms with Crippen LogP contribution in [0.4, 0.5) is 0 Å². The van der Waals surface area contributed by atoms with Gasteiger partial charge in [-0.2, -0.15) is 0 Å². The average Bonchev–Trinajstić information content (AvgIpc) is 2.35. The van der Waals surface area contributed by atoms with Gasteiger partial charge < -0.3 is 11.1 Å². The van der Waals surface area contributed by atoms with Crippen molar-refractivity contribution in [3.05, 3.63) is 30.3 Å². The minimum atomic E-state index is -0.753. The maximum atomic E-state index is 11.7. The molecule has 1 amide bonds. The van der Waals surface area contributed by atoms with Crippen LogP contribution < -0.4 is 11.1 Å². The molecule has 3 nitrogen and oxygen atoms in total. The zero-order valence-corrected chi connectivity index (χ0v) is 11.2. The SMILES string of the molecule is CCC(C)(N)C(=O)NCCSc1ccccc1. The second-order valence-electron chi connectivity index (χ2n) is 4.19. The lowest BCUT2D eigenvalue weighted by molar-refractivity contribution is -0.125. The molecule has 3 N–H and O–H groups in total. The summed E-state index contributed by atoms with van der Waals surface area (Å²) in [7, 11) is 0. The number of nitrogens with two attached hydrogens (primary N) is 1. The van der Waals surface area contributed by atoms with Crippen LogP contribution >= 0.6 is 11.8 Å². The molecule has 0 heterocycles. The molecule has 1 rings (SSSR count). The van der Waals surface area contributed by atoms with Crippen molar-refractivity contribution in [2.75, 3.05) is 12.3 Å². The first kappa shape index (κ1) is 14.1. The molecule has 0 fully saturated rings. The quantitative estimate of drug-likeness (QED) is 0.601. The van der Waals surface area contributed by atoms with E-state index >= 15 is 0 Å². The highest BCUT2D eigenvalue weighted by atomic mass is 32.2. The Morgan fingerprint density at radius 2 is 2.06 bits per heavy atom. The zero-order chi connectivity index (χ0) is 12.7. The third-order valence-electron chi connectivity index (χ3n) is 2.65. The second-order valence-corrected chi connectivity index (χ2v) is 5.36. The Kier molecular flexibility index (Phi) is 5.51. The minimum Gasteiger partial charge on any atom is -0.354 e. The largest absolute Gasteiger partial charge is 0.354 e. The summed E-state index contributed by atoms with van der Waals surface area (Å²) in [4.78, 5) is 12.9. The van der Waals surface area contributed by atoms with E-state index < -0.39 is 5.54 Å². The second kappa shape index (κ2) is 6.67. The summed E-state index contributed by atoms with van der Waals surface area (Å²) >= 11 is 1.73. The van der Waals surface area contributed by atoms with Crippen LogP contribution in [-0.2, 0) is 4.79 Å². The zero-order valence-electron chi connectivity index (χ0n) is 10.4. The van der Waals surface area contributed by atoms with Gasteiger partial charge in [0.05, 0.1) is 5.54 Å². The number of hydrogen-bond acceptors (Lipinski definition) is 3. The van der Waals surface area contributed by atoms with E-state index in [9.17, 15) is 4.79 Å². The van der Waals surface area contributed by atoms with Crippen LogP contribution in [0.5, 0.6) is 0 Å². The van der Waals surface area contributed by atoms with E-state index in [0.29, 0.717) is 13.0 Å². The average molecular weight is 252 g/mol. The van der Waals surface area contributed by atoms with Crippen LogP contribution in [0.3, 0.4) is 0 Å². The summed E-state index contributed by atoms with van der Waals surface area (Å²) in [5.74, 6) is 0.781. The van der Waals surface area contributed by atoms with Gasteiger partial charge in [-0.3, -0.25) is 4.79 Å². The lowest BCUT2D eigenvalue weighted by Crippen LogP contribution is -2.51. The molecule has 0 saturated heterocycles. The highest BCUT2D eigenvalue weighted by Crippen LogP contribution is 2.15. The molecular weight excluding hydrogens is 232 g/mol. The summed E-state index contributed by atoms with van der Waals surface area (Å²) in [6.45, 7) is 4.32. The van der Waals surface area contributed by atoms with E-state index in [1.165, 1.54) is 4.90 Å². The van der Waals surface area contributed by atoms with Crippen molar-refractivity contribution in [1.29, 1.82) is 0 Å². The van der Waals surface area contributed by atoms with Crippen LogP contribution in [0.1, 0.15) is 20.3 Å². The van der Waals surface area contributed by atoms with E-state index in [-0.39, 0.29) is 5.91 Å². The lowest BCUT2D eigenvalue weighted by atomic mass is 10.00. The molecule has 0 aromatic heterocycles. The predicted molar refractivity (Wildman–Crippen MR) is 73.1 cm³/mol. The molecule has 17 heavy (non-hydrogen) atoms. The molecule has 1 aromatic rings. The topological polar surface area (TPSA) is 55.1 Å². The van der Waals surface area contributed by atoms with Crippen molar-refractivity contribution in [2.24, 2.45) is 5.73 Å². The Morgan fingerprint density at radius 3 is 2.65 bits per heavy atom. The Hall–Kier alpha value is -1.00. The molecule has 0 aliphatic rings. The van der Waals surface area contributed by atoms with Crippen LogP contribution in [0.15, 0.2) is 35.2 Å². The van der Waals surface area contributed by atoms with Gasteiger partial charge in [0.15, 0.2) is 0 Å². The van der Waals surface area contributed by atoms with Gasteiger partial charge in [0, 0.05) is 17.2 Å². The van der Waals surface area contributed by atoms with Gasteiger partial charge in [0.2, 0.25) is 5.91 Å². The smallest absolute Gasteiger partial charge is 0.239 e. The first-order valence-corrected chi connectivity index (χ1v) is 6.80. The first-order chi connectivity index (χ1) is 8.06. The highest BCUT2D eigenvalue weighted by Gasteiger charge is 2.25. The molecule has 94 valence electrons. The standard InChI is InChI=1S/C13H20N2OS/c1-3-13(2,14)12(16)15-9-10-17-11-7-5-4-6-8-11/h4-8H,3,9-10,14H2,1-2H3,(H,15,16). The molecule has 0 spiro atoms. The molecule has 0 saturated carbocycles. The lowest BCUT2D eigenvalue weighted by Gasteiger charge is -2.21. The monoisotopic (exact) mass is 252 g/mol. The molecule has 0 aliphatic carbocycles. The van der Waals surface area contributed by atoms with Crippen molar-refractivity contribution in [3.63, 3.8) is 0 Å². The van der Waals surface area contributed by atoms with Crippen molar-refractivity contribution >= 4 is 17.7 Å². The minimum absolute atomic E-state index is 0.0753. The van der Waals surface area contributed by atoms with Gasteiger partial charge in [-0.05, 0) is 25.5 Å². The van der Waals surface area contributed by atoms with Crippen molar-refractivity contribution in [3.8, 4) is 0 Å². The molecule has 0 bridgehead atoms. The van der Waals surface area contributed by atoms with Gasteiger partial charge in [0.1, 0.15) is 0 Å². The third kappa shape index (κ3) is 4.79. The predicted octanol–water partition coefficient (Wildman–Crippen LogP) is 2.02. The molecule has 1 aromatic carbocycles. The number of thioether (sulfide) groups is 1. The summed E-state index contributed by atoms with van der Waals surface area (Å²) in [5.41, 5.74) is 5.08. The van der Waals surface area contributed by atoms with Crippen molar-refractivity contribution in [1.82, 2.24) is 5.32 Å². The summed E-state index contributed by atoms with van der Waals surface area (Å²) in [6, 6.07) is 10.1. The summed E-state index contributed by atoms with van der Waals surface area (Å²) in [6.07, 6.45) is 0.644. The maximum absolute atomic E-state index is 11.7. The fourth-order valence-corrected chi connectivity index (χ4v) is 2.00. The van der Waals surface area contributed by atoms with Crippen LogP contribution in [-0.4, -0.2) is 23.7 Å². The van der Waals surface area contributed by atoms with E-state index in [1.54, 1.807) is 18.7 Å². The Balaban J connectivity index is 2.23.